The Morgan fingerprint density at radius 1 is 1.04 bits per heavy atom. The highest BCUT2D eigenvalue weighted by Crippen LogP contribution is 2.31. The van der Waals surface area contributed by atoms with Crippen molar-refractivity contribution in [2.24, 2.45) is 0 Å². The summed E-state index contributed by atoms with van der Waals surface area (Å²) in [6.07, 6.45) is 1.93. The number of hydrogen-bond acceptors (Lipinski definition) is 2. The molecule has 0 saturated heterocycles. The predicted octanol–water partition coefficient (Wildman–Crippen LogP) is 5.42. The normalized spacial score (nSPS) is 13.1. The van der Waals surface area contributed by atoms with E-state index in [-0.39, 0.29) is 6.04 Å². The number of hydrogen-bond donors (Lipinski definition) is 1. The lowest BCUT2D eigenvalue weighted by atomic mass is 10.0. The maximum absolute atomic E-state index is 6.00. The van der Waals surface area contributed by atoms with Crippen LogP contribution in [0.1, 0.15) is 12.5 Å². The van der Waals surface area contributed by atoms with Crippen LogP contribution in [-0.2, 0) is 6.54 Å². The number of benzene rings is 3. The van der Waals surface area contributed by atoms with Gasteiger partial charge in [-0.05, 0) is 58.8 Å². The minimum atomic E-state index is 0.161. The molecule has 3 heteroatoms. The third kappa shape index (κ3) is 5.17. The van der Waals surface area contributed by atoms with Crippen molar-refractivity contribution in [2.45, 2.75) is 29.3 Å². The lowest BCUT2D eigenvalue weighted by Crippen LogP contribution is -2.34. The summed E-state index contributed by atoms with van der Waals surface area (Å²) in [5.74, 6) is 0. The molecule has 0 aliphatic carbocycles. The fourth-order valence-corrected chi connectivity index (χ4v) is 4.14. The first-order chi connectivity index (χ1) is 13.6. The summed E-state index contributed by atoms with van der Waals surface area (Å²) in [7, 11) is 0. The highest BCUT2D eigenvalue weighted by atomic mass is 35.5. The third-order valence-corrected chi connectivity index (χ3v) is 6.01. The summed E-state index contributed by atoms with van der Waals surface area (Å²) in [4.78, 5) is 2.41. The zero-order valence-electron chi connectivity index (χ0n) is 16.0. The molecule has 0 aromatic heterocycles. The summed E-state index contributed by atoms with van der Waals surface area (Å²) in [5.41, 5.74) is 2.43. The van der Waals surface area contributed by atoms with Crippen LogP contribution in [0.3, 0.4) is 0 Å². The van der Waals surface area contributed by atoms with Gasteiger partial charge in [-0.25, -0.2) is 0 Å². The van der Waals surface area contributed by atoms with Crippen LogP contribution in [0.25, 0.3) is 12.2 Å². The van der Waals surface area contributed by atoms with E-state index in [4.69, 9.17) is 11.6 Å². The molecule has 0 aliphatic rings. The molecule has 0 spiro atoms. The fourth-order valence-electron chi connectivity index (χ4n) is 3.07. The van der Waals surface area contributed by atoms with Gasteiger partial charge in [-0.2, -0.15) is 0 Å². The van der Waals surface area contributed by atoms with Gasteiger partial charge in [-0.15, -0.1) is 0 Å². The van der Waals surface area contributed by atoms with Gasteiger partial charge >= 0.3 is 0 Å². The molecule has 3 aromatic rings. The van der Waals surface area contributed by atoms with Crippen molar-refractivity contribution < 1.29 is 0 Å². The molecule has 1 atom stereocenters. The van der Waals surface area contributed by atoms with Crippen LogP contribution in [0.15, 0.2) is 95.2 Å². The Hall–Kier alpha value is -2.26. The largest absolute Gasteiger partial charge is 0.306 e. The van der Waals surface area contributed by atoms with Crippen LogP contribution in [-0.4, -0.2) is 6.04 Å². The second-order valence-corrected chi connectivity index (χ2v) is 8.13. The van der Waals surface area contributed by atoms with Gasteiger partial charge in [-0.1, -0.05) is 85.1 Å². The van der Waals surface area contributed by atoms with E-state index < -0.39 is 0 Å². The van der Waals surface area contributed by atoms with Crippen molar-refractivity contribution in [1.29, 1.82) is 0 Å². The summed E-state index contributed by atoms with van der Waals surface area (Å²) < 4.78 is 0. The van der Waals surface area contributed by atoms with Crippen molar-refractivity contribution in [1.82, 2.24) is 5.32 Å². The Balaban J connectivity index is 1.78. The summed E-state index contributed by atoms with van der Waals surface area (Å²) >= 11 is 7.75. The molecule has 3 aromatic carbocycles. The van der Waals surface area contributed by atoms with Crippen molar-refractivity contribution in [3.05, 3.63) is 106 Å². The zero-order chi connectivity index (χ0) is 19.9. The molecular formula is C25H24ClNS. The van der Waals surface area contributed by atoms with E-state index in [0.717, 1.165) is 27.6 Å². The van der Waals surface area contributed by atoms with E-state index in [9.17, 15) is 0 Å². The Morgan fingerprint density at radius 3 is 2.43 bits per heavy atom. The first-order valence-corrected chi connectivity index (χ1v) is 10.4. The van der Waals surface area contributed by atoms with Crippen molar-refractivity contribution >= 4 is 35.5 Å². The first kappa shape index (κ1) is 20.5. The molecule has 0 radical (unpaired) electrons. The summed E-state index contributed by atoms with van der Waals surface area (Å²) in [6.45, 7) is 11.1. The van der Waals surface area contributed by atoms with Gasteiger partial charge in [0.2, 0.25) is 0 Å². The van der Waals surface area contributed by atoms with E-state index in [0.29, 0.717) is 0 Å². The van der Waals surface area contributed by atoms with Crippen LogP contribution in [0.5, 0.6) is 0 Å². The van der Waals surface area contributed by atoms with Gasteiger partial charge in [0.25, 0.3) is 0 Å². The molecule has 0 fully saturated rings. The topological polar surface area (TPSA) is 12.0 Å². The van der Waals surface area contributed by atoms with Crippen LogP contribution in [0, 0.1) is 0 Å². The van der Waals surface area contributed by atoms with Crippen LogP contribution in [0.4, 0.5) is 0 Å². The van der Waals surface area contributed by atoms with Crippen molar-refractivity contribution in [3.8, 4) is 0 Å². The van der Waals surface area contributed by atoms with Gasteiger partial charge < -0.3 is 5.32 Å². The van der Waals surface area contributed by atoms with Gasteiger partial charge in [0, 0.05) is 27.4 Å². The first-order valence-electron chi connectivity index (χ1n) is 9.24. The fraction of sp³-hybridized carbons (Fsp3) is 0.120. The molecular weight excluding hydrogens is 382 g/mol. The molecule has 0 aliphatic heterocycles. The molecule has 3 rings (SSSR count). The summed E-state index contributed by atoms with van der Waals surface area (Å²) in [6, 6.07) is 24.8. The van der Waals surface area contributed by atoms with E-state index in [2.05, 4.69) is 67.9 Å². The minimum Gasteiger partial charge on any atom is -0.306 e. The second-order valence-electron chi connectivity index (χ2n) is 6.58. The Kier molecular flexibility index (Phi) is 7.16. The van der Waals surface area contributed by atoms with Gasteiger partial charge in [0.15, 0.2) is 0 Å². The maximum Gasteiger partial charge on any atom is 0.0406 e. The lowest BCUT2D eigenvalue weighted by Gasteiger charge is -2.17. The average Bonchev–Trinajstić information content (AvgIpc) is 2.71. The van der Waals surface area contributed by atoms with Crippen LogP contribution >= 0.6 is 23.4 Å². The summed E-state index contributed by atoms with van der Waals surface area (Å²) in [5, 5.41) is 6.55. The van der Waals surface area contributed by atoms with E-state index in [1.54, 1.807) is 11.8 Å². The number of rotatable bonds is 7. The van der Waals surface area contributed by atoms with E-state index >= 15 is 0 Å². The Morgan fingerprint density at radius 2 is 1.71 bits per heavy atom. The van der Waals surface area contributed by atoms with E-state index in [1.807, 2.05) is 36.4 Å². The molecule has 28 heavy (non-hydrogen) atoms. The van der Waals surface area contributed by atoms with Crippen molar-refractivity contribution in [2.75, 3.05) is 0 Å². The van der Waals surface area contributed by atoms with Crippen LogP contribution in [0.2, 0.25) is 5.02 Å². The molecule has 1 unspecified atom stereocenters. The molecule has 0 bridgehead atoms. The molecule has 0 heterocycles. The number of halogens is 1. The number of nitrogens with one attached hydrogen (secondary N) is 1. The predicted molar refractivity (Wildman–Crippen MR) is 123 cm³/mol. The zero-order valence-corrected chi connectivity index (χ0v) is 17.6. The monoisotopic (exact) mass is 405 g/mol. The maximum atomic E-state index is 6.00. The standard InChI is InChI=1S/C25H24ClNS/c1-4-23(24-11-7-5-9-18(24)2)19(3)27-17-20-10-6-8-12-25(20)28-22-15-13-21(26)14-16-22/h4-16,19,27H,1-2,17H2,3H3/b24-23+. The molecule has 1 nitrogen and oxygen atoms in total. The quantitative estimate of drug-likeness (QED) is 0.563. The van der Waals surface area contributed by atoms with E-state index in [1.165, 1.54) is 15.4 Å². The van der Waals surface area contributed by atoms with Gasteiger partial charge in [0.05, 0.1) is 0 Å². The lowest BCUT2D eigenvalue weighted by molar-refractivity contribution is 0.639. The highest BCUT2D eigenvalue weighted by molar-refractivity contribution is 7.99. The van der Waals surface area contributed by atoms with Gasteiger partial charge in [-0.3, -0.25) is 0 Å². The highest BCUT2D eigenvalue weighted by Gasteiger charge is 2.09. The molecule has 1 N–H and O–H groups in total. The second kappa shape index (κ2) is 9.79. The SMILES string of the molecule is C=C/C(=c1/ccccc1=C)C(C)NCc1ccccc1Sc1ccc(Cl)cc1. The van der Waals surface area contributed by atoms with Crippen LogP contribution < -0.4 is 15.8 Å². The Labute approximate surface area is 176 Å². The molecule has 0 saturated carbocycles. The minimum absolute atomic E-state index is 0.161. The average molecular weight is 406 g/mol. The van der Waals surface area contributed by atoms with Gasteiger partial charge in [0.1, 0.15) is 0 Å². The Bertz CT molecular complexity index is 1060. The molecule has 0 amide bonds. The smallest absolute Gasteiger partial charge is 0.0406 e. The third-order valence-electron chi connectivity index (χ3n) is 4.63. The van der Waals surface area contributed by atoms with Crippen molar-refractivity contribution in [3.63, 3.8) is 0 Å². The molecule has 142 valence electrons.